The Labute approximate surface area is 128 Å². The molecule has 0 radical (unpaired) electrons. The number of ketones is 1. The lowest BCUT2D eigenvalue weighted by molar-refractivity contribution is -0.133. The zero-order chi connectivity index (χ0) is 15.5. The van der Waals surface area contributed by atoms with Crippen LogP contribution in [0.3, 0.4) is 0 Å². The van der Waals surface area contributed by atoms with Gasteiger partial charge in [0.1, 0.15) is 17.9 Å². The standard InChI is InChI=1S/C18H14O4/c1-21-16-11-17-14(15(19)10-18(20)22-17)9-13(16)8-7-12-5-3-2-4-6-12/h2-9,11H,10H2,1H3. The van der Waals surface area contributed by atoms with Crippen LogP contribution in [0.25, 0.3) is 12.2 Å². The van der Waals surface area contributed by atoms with Crippen molar-refractivity contribution in [3.63, 3.8) is 0 Å². The van der Waals surface area contributed by atoms with Gasteiger partial charge in [0.05, 0.1) is 12.7 Å². The third-order valence-corrected chi connectivity index (χ3v) is 3.42. The maximum atomic E-state index is 12.0. The molecule has 0 N–H and O–H groups in total. The summed E-state index contributed by atoms with van der Waals surface area (Å²) < 4.78 is 10.4. The maximum Gasteiger partial charge on any atom is 0.319 e. The van der Waals surface area contributed by atoms with Gasteiger partial charge in [0.25, 0.3) is 0 Å². The number of carbonyl (C=O) groups excluding carboxylic acids is 2. The fourth-order valence-electron chi connectivity index (χ4n) is 2.32. The molecule has 2 aromatic rings. The van der Waals surface area contributed by atoms with E-state index in [1.807, 2.05) is 42.5 Å². The van der Waals surface area contributed by atoms with E-state index in [1.54, 1.807) is 12.1 Å². The smallest absolute Gasteiger partial charge is 0.319 e. The molecule has 1 aliphatic rings. The molecule has 2 aromatic carbocycles. The highest BCUT2D eigenvalue weighted by molar-refractivity contribution is 6.11. The van der Waals surface area contributed by atoms with Crippen molar-refractivity contribution >= 4 is 23.9 Å². The van der Waals surface area contributed by atoms with Gasteiger partial charge in [-0.05, 0) is 11.6 Å². The van der Waals surface area contributed by atoms with Gasteiger partial charge in [-0.3, -0.25) is 9.59 Å². The van der Waals surface area contributed by atoms with Crippen molar-refractivity contribution in [2.45, 2.75) is 6.42 Å². The molecule has 0 saturated carbocycles. The van der Waals surface area contributed by atoms with Gasteiger partial charge >= 0.3 is 5.97 Å². The molecule has 4 heteroatoms. The van der Waals surface area contributed by atoms with Crippen molar-refractivity contribution in [1.29, 1.82) is 0 Å². The average molecular weight is 294 g/mol. The highest BCUT2D eigenvalue weighted by Gasteiger charge is 2.26. The summed E-state index contributed by atoms with van der Waals surface area (Å²) in [6.07, 6.45) is 3.59. The van der Waals surface area contributed by atoms with Crippen LogP contribution in [0, 0.1) is 0 Å². The molecular formula is C18H14O4. The predicted molar refractivity (Wildman–Crippen MR) is 82.9 cm³/mol. The van der Waals surface area contributed by atoms with Crippen LogP contribution in [0.4, 0.5) is 0 Å². The molecular weight excluding hydrogens is 280 g/mol. The van der Waals surface area contributed by atoms with E-state index in [0.717, 1.165) is 11.1 Å². The summed E-state index contributed by atoms with van der Waals surface area (Å²) in [4.78, 5) is 23.3. The van der Waals surface area contributed by atoms with Crippen molar-refractivity contribution in [1.82, 2.24) is 0 Å². The summed E-state index contributed by atoms with van der Waals surface area (Å²) in [5.74, 6) is 0.0405. The minimum absolute atomic E-state index is 0.221. The molecule has 0 bridgehead atoms. The second kappa shape index (κ2) is 5.85. The monoisotopic (exact) mass is 294 g/mol. The first-order valence-corrected chi connectivity index (χ1v) is 6.86. The normalized spacial score (nSPS) is 13.9. The SMILES string of the molecule is COc1cc2c(cc1C=Cc1ccccc1)C(=O)CC(=O)O2. The number of hydrogen-bond acceptors (Lipinski definition) is 4. The summed E-state index contributed by atoms with van der Waals surface area (Å²) in [6, 6.07) is 13.1. The maximum absolute atomic E-state index is 12.0. The van der Waals surface area contributed by atoms with Crippen molar-refractivity contribution in [3.8, 4) is 11.5 Å². The van der Waals surface area contributed by atoms with Crippen LogP contribution in [0.2, 0.25) is 0 Å². The van der Waals surface area contributed by atoms with E-state index >= 15 is 0 Å². The van der Waals surface area contributed by atoms with E-state index in [-0.39, 0.29) is 18.0 Å². The number of rotatable bonds is 3. The topological polar surface area (TPSA) is 52.6 Å². The fourth-order valence-corrected chi connectivity index (χ4v) is 2.32. The van der Waals surface area contributed by atoms with Crippen LogP contribution in [-0.4, -0.2) is 18.9 Å². The van der Waals surface area contributed by atoms with Crippen LogP contribution in [-0.2, 0) is 4.79 Å². The first-order chi connectivity index (χ1) is 10.7. The minimum atomic E-state index is -0.535. The highest BCUT2D eigenvalue weighted by atomic mass is 16.5. The van der Waals surface area contributed by atoms with Gasteiger partial charge in [0, 0.05) is 11.6 Å². The number of methoxy groups -OCH3 is 1. The summed E-state index contributed by atoms with van der Waals surface area (Å²) >= 11 is 0. The lowest BCUT2D eigenvalue weighted by Gasteiger charge is -2.17. The summed E-state index contributed by atoms with van der Waals surface area (Å²) in [6.45, 7) is 0. The molecule has 0 aromatic heterocycles. The molecule has 0 fully saturated rings. The van der Waals surface area contributed by atoms with E-state index in [4.69, 9.17) is 9.47 Å². The third-order valence-electron chi connectivity index (χ3n) is 3.42. The predicted octanol–water partition coefficient (Wildman–Crippen LogP) is 3.36. The quantitative estimate of drug-likeness (QED) is 0.377. The minimum Gasteiger partial charge on any atom is -0.496 e. The van der Waals surface area contributed by atoms with Crippen LogP contribution < -0.4 is 9.47 Å². The van der Waals surface area contributed by atoms with Crippen LogP contribution >= 0.6 is 0 Å². The van der Waals surface area contributed by atoms with Gasteiger partial charge in [-0.1, -0.05) is 42.5 Å². The Morgan fingerprint density at radius 2 is 1.86 bits per heavy atom. The van der Waals surface area contributed by atoms with Gasteiger partial charge in [0.15, 0.2) is 5.78 Å². The van der Waals surface area contributed by atoms with Gasteiger partial charge in [-0.2, -0.15) is 0 Å². The molecule has 110 valence electrons. The molecule has 1 aliphatic heterocycles. The van der Waals surface area contributed by atoms with Crippen molar-refractivity contribution in [3.05, 3.63) is 59.2 Å². The van der Waals surface area contributed by atoms with Gasteiger partial charge < -0.3 is 9.47 Å². The first-order valence-electron chi connectivity index (χ1n) is 6.86. The van der Waals surface area contributed by atoms with Crippen LogP contribution in [0.1, 0.15) is 27.9 Å². The molecule has 0 aliphatic carbocycles. The number of ether oxygens (including phenoxy) is 2. The Morgan fingerprint density at radius 3 is 2.59 bits per heavy atom. The Hall–Kier alpha value is -2.88. The second-order valence-electron chi connectivity index (χ2n) is 4.91. The van der Waals surface area contributed by atoms with E-state index in [0.29, 0.717) is 11.3 Å². The fraction of sp³-hybridized carbons (Fsp3) is 0.111. The first kappa shape index (κ1) is 14.1. The third kappa shape index (κ3) is 2.76. The van der Waals surface area contributed by atoms with Crippen molar-refractivity contribution in [2.24, 2.45) is 0 Å². The number of benzene rings is 2. The van der Waals surface area contributed by atoms with Crippen molar-refractivity contribution in [2.75, 3.05) is 7.11 Å². The molecule has 0 spiro atoms. The second-order valence-corrected chi connectivity index (χ2v) is 4.91. The Kier molecular flexibility index (Phi) is 3.74. The van der Waals surface area contributed by atoms with Gasteiger partial charge in [-0.25, -0.2) is 0 Å². The zero-order valence-corrected chi connectivity index (χ0v) is 12.0. The van der Waals surface area contributed by atoms with Gasteiger partial charge in [0.2, 0.25) is 0 Å². The molecule has 0 unspecified atom stereocenters. The number of hydrogen-bond donors (Lipinski definition) is 0. The Balaban J connectivity index is 2.01. The molecule has 0 saturated heterocycles. The molecule has 1 heterocycles. The largest absolute Gasteiger partial charge is 0.496 e. The van der Waals surface area contributed by atoms with E-state index in [9.17, 15) is 9.59 Å². The number of carbonyl (C=O) groups is 2. The van der Waals surface area contributed by atoms with E-state index in [2.05, 4.69) is 0 Å². The number of fused-ring (bicyclic) bond motifs is 1. The number of esters is 1. The highest BCUT2D eigenvalue weighted by Crippen LogP contribution is 2.33. The Morgan fingerprint density at radius 1 is 1.09 bits per heavy atom. The molecule has 4 nitrogen and oxygen atoms in total. The lowest BCUT2D eigenvalue weighted by Crippen LogP contribution is -2.21. The summed E-state index contributed by atoms with van der Waals surface area (Å²) in [5.41, 5.74) is 2.21. The van der Waals surface area contributed by atoms with E-state index in [1.165, 1.54) is 7.11 Å². The molecule has 0 amide bonds. The van der Waals surface area contributed by atoms with Crippen LogP contribution in [0.15, 0.2) is 42.5 Å². The summed E-state index contributed by atoms with van der Waals surface area (Å²) in [7, 11) is 1.54. The van der Waals surface area contributed by atoms with E-state index < -0.39 is 5.97 Å². The Bertz CT molecular complexity index is 760. The lowest BCUT2D eigenvalue weighted by atomic mass is 10.00. The van der Waals surface area contributed by atoms with Crippen molar-refractivity contribution < 1.29 is 19.1 Å². The number of Topliss-reactive ketones (excluding diaryl/α,β-unsaturated/α-hetero) is 1. The van der Waals surface area contributed by atoms with Gasteiger partial charge in [-0.15, -0.1) is 0 Å². The molecule has 0 atom stereocenters. The summed E-state index contributed by atoms with van der Waals surface area (Å²) in [5, 5.41) is 0. The molecule has 22 heavy (non-hydrogen) atoms. The average Bonchev–Trinajstić information content (AvgIpc) is 2.53. The zero-order valence-electron chi connectivity index (χ0n) is 12.0. The molecule has 3 rings (SSSR count). The van der Waals surface area contributed by atoms with Crippen LogP contribution in [0.5, 0.6) is 11.5 Å².